The molecule has 0 bridgehead atoms. The second kappa shape index (κ2) is 16.6. The standard InChI is InChI=1S/C21H29F12N3O6/c22-12(23)19(28,29)8-18(42-16(35)38,9-20(30,31)13(24)25)5-1-3-11(4-2-6-40-15(34)37)7-36-17(39)41-10-21(32,33)14(26)27/h11-14H,1-10H2,(H2,34,37)(H2,35,38)(H,36,39). The van der Waals surface area contributed by atoms with Gasteiger partial charge in [0.05, 0.1) is 19.4 Å². The Bertz CT molecular complexity index is 845. The van der Waals surface area contributed by atoms with Gasteiger partial charge in [-0.3, -0.25) is 0 Å². The minimum absolute atomic E-state index is 0.0381. The summed E-state index contributed by atoms with van der Waals surface area (Å²) in [6.07, 6.45) is -24.9. The molecular weight excluding hydrogens is 618 g/mol. The molecule has 3 amide bonds. The lowest BCUT2D eigenvalue weighted by Crippen LogP contribution is -2.49. The largest absolute Gasteiger partial charge is 0.450 e. The molecule has 0 aromatic heterocycles. The van der Waals surface area contributed by atoms with Gasteiger partial charge in [0, 0.05) is 6.54 Å². The quantitative estimate of drug-likeness (QED) is 0.0881. The second-order valence-corrected chi connectivity index (χ2v) is 9.17. The van der Waals surface area contributed by atoms with Crippen LogP contribution < -0.4 is 16.8 Å². The van der Waals surface area contributed by atoms with Gasteiger partial charge in [-0.05, 0) is 38.0 Å². The Morgan fingerprint density at radius 1 is 0.690 bits per heavy atom. The van der Waals surface area contributed by atoms with E-state index in [-0.39, 0.29) is 25.9 Å². The number of primary amides is 2. The van der Waals surface area contributed by atoms with E-state index in [9.17, 15) is 67.1 Å². The Morgan fingerprint density at radius 3 is 1.60 bits per heavy atom. The number of carbonyl (C=O) groups is 3. The third-order valence-corrected chi connectivity index (χ3v) is 5.57. The van der Waals surface area contributed by atoms with Gasteiger partial charge in [-0.1, -0.05) is 0 Å². The summed E-state index contributed by atoms with van der Waals surface area (Å²) in [4.78, 5) is 33.7. The van der Waals surface area contributed by atoms with E-state index in [1.165, 1.54) is 0 Å². The Hall–Kier alpha value is -3.03. The maximum Gasteiger partial charge on any atom is 0.407 e. The number of halogens is 12. The topological polar surface area (TPSA) is 143 Å². The number of alkyl halides is 12. The van der Waals surface area contributed by atoms with Crippen LogP contribution in [0.5, 0.6) is 0 Å². The van der Waals surface area contributed by atoms with Crippen LogP contribution in [0.2, 0.25) is 0 Å². The predicted molar refractivity (Wildman–Crippen MR) is 117 cm³/mol. The summed E-state index contributed by atoms with van der Waals surface area (Å²) >= 11 is 0. The van der Waals surface area contributed by atoms with E-state index in [1.54, 1.807) is 0 Å². The summed E-state index contributed by atoms with van der Waals surface area (Å²) in [5.74, 6) is -15.8. The van der Waals surface area contributed by atoms with Crippen LogP contribution in [-0.2, 0) is 14.2 Å². The van der Waals surface area contributed by atoms with Crippen LogP contribution in [0.25, 0.3) is 0 Å². The molecule has 0 aliphatic heterocycles. The Morgan fingerprint density at radius 2 is 1.17 bits per heavy atom. The van der Waals surface area contributed by atoms with Gasteiger partial charge in [0.15, 0.2) is 6.61 Å². The predicted octanol–water partition coefficient (Wildman–Crippen LogP) is 5.69. The number of ether oxygens (including phenoxy) is 3. The highest BCUT2D eigenvalue weighted by molar-refractivity contribution is 5.67. The molecule has 5 N–H and O–H groups in total. The third-order valence-electron chi connectivity index (χ3n) is 5.57. The first-order chi connectivity index (χ1) is 19.0. The molecule has 0 aliphatic carbocycles. The van der Waals surface area contributed by atoms with E-state index < -0.39 is 106 Å². The molecule has 0 rings (SSSR count). The van der Waals surface area contributed by atoms with E-state index in [2.05, 4.69) is 14.2 Å². The number of rotatable bonds is 20. The number of hydrogen-bond acceptors (Lipinski definition) is 6. The first-order valence-electron chi connectivity index (χ1n) is 11.8. The molecule has 9 nitrogen and oxygen atoms in total. The van der Waals surface area contributed by atoms with Crippen molar-refractivity contribution in [2.75, 3.05) is 19.8 Å². The number of hydrogen-bond donors (Lipinski definition) is 3. The highest BCUT2D eigenvalue weighted by Crippen LogP contribution is 2.44. The van der Waals surface area contributed by atoms with Crippen LogP contribution in [0.15, 0.2) is 0 Å². The fourth-order valence-corrected chi connectivity index (χ4v) is 3.70. The Labute approximate surface area is 230 Å². The lowest BCUT2D eigenvalue weighted by molar-refractivity contribution is -0.205. The van der Waals surface area contributed by atoms with E-state index >= 15 is 0 Å². The molecular formula is C21H29F12N3O6. The van der Waals surface area contributed by atoms with Crippen LogP contribution >= 0.6 is 0 Å². The third kappa shape index (κ3) is 14.7. The zero-order valence-electron chi connectivity index (χ0n) is 21.5. The molecule has 248 valence electrons. The van der Waals surface area contributed by atoms with Crippen molar-refractivity contribution in [3.05, 3.63) is 0 Å². The second-order valence-electron chi connectivity index (χ2n) is 9.17. The fraction of sp³-hybridized carbons (Fsp3) is 0.857. The number of amides is 3. The van der Waals surface area contributed by atoms with Crippen molar-refractivity contribution in [2.45, 2.75) is 87.6 Å². The van der Waals surface area contributed by atoms with Crippen molar-refractivity contribution >= 4 is 18.3 Å². The van der Waals surface area contributed by atoms with Crippen molar-refractivity contribution in [1.82, 2.24) is 5.32 Å². The number of nitrogens with two attached hydrogens (primary N) is 2. The van der Waals surface area contributed by atoms with Crippen LogP contribution in [-0.4, -0.2) is 80.7 Å². The van der Waals surface area contributed by atoms with Gasteiger partial charge in [-0.25, -0.2) is 58.3 Å². The van der Waals surface area contributed by atoms with Gasteiger partial charge in [-0.2, -0.15) is 8.78 Å². The van der Waals surface area contributed by atoms with Crippen molar-refractivity contribution in [1.29, 1.82) is 0 Å². The van der Waals surface area contributed by atoms with Crippen LogP contribution in [0, 0.1) is 5.92 Å². The summed E-state index contributed by atoms with van der Waals surface area (Å²) in [7, 11) is 0. The number of carbonyl (C=O) groups excluding carboxylic acids is 3. The molecule has 21 heteroatoms. The van der Waals surface area contributed by atoms with Gasteiger partial charge in [0.25, 0.3) is 0 Å². The summed E-state index contributed by atoms with van der Waals surface area (Å²) in [6.45, 7) is -2.89. The minimum Gasteiger partial charge on any atom is -0.450 e. The van der Waals surface area contributed by atoms with Crippen molar-refractivity contribution in [3.63, 3.8) is 0 Å². The van der Waals surface area contributed by atoms with Crippen molar-refractivity contribution in [3.8, 4) is 0 Å². The Kier molecular flexibility index (Phi) is 15.4. The van der Waals surface area contributed by atoms with Crippen molar-refractivity contribution < 1.29 is 81.3 Å². The van der Waals surface area contributed by atoms with E-state index in [1.807, 2.05) is 5.32 Å². The fourth-order valence-electron chi connectivity index (χ4n) is 3.70. The molecule has 1 atom stereocenters. The van der Waals surface area contributed by atoms with Gasteiger partial charge in [-0.15, -0.1) is 0 Å². The average Bonchev–Trinajstić information content (AvgIpc) is 2.81. The van der Waals surface area contributed by atoms with Gasteiger partial charge in [0.2, 0.25) is 0 Å². The molecule has 0 aliphatic rings. The Balaban J connectivity index is 5.78. The first-order valence-corrected chi connectivity index (χ1v) is 11.8. The van der Waals surface area contributed by atoms with Gasteiger partial charge in [0.1, 0.15) is 5.60 Å². The maximum absolute atomic E-state index is 13.9. The van der Waals surface area contributed by atoms with E-state index in [0.29, 0.717) is 0 Å². The molecule has 0 aromatic rings. The lowest BCUT2D eigenvalue weighted by atomic mass is 9.82. The van der Waals surface area contributed by atoms with Gasteiger partial charge >= 0.3 is 55.3 Å². The zero-order valence-corrected chi connectivity index (χ0v) is 21.5. The first kappa shape index (κ1) is 39.0. The summed E-state index contributed by atoms with van der Waals surface area (Å²) in [5, 5.41) is 1.91. The molecule has 42 heavy (non-hydrogen) atoms. The molecule has 0 heterocycles. The van der Waals surface area contributed by atoms with E-state index in [0.717, 1.165) is 0 Å². The van der Waals surface area contributed by atoms with E-state index in [4.69, 9.17) is 11.5 Å². The van der Waals surface area contributed by atoms with Crippen molar-refractivity contribution in [2.24, 2.45) is 17.4 Å². The molecule has 0 saturated carbocycles. The minimum atomic E-state index is -5.11. The molecule has 0 aromatic carbocycles. The number of alkyl carbamates (subject to hydrolysis) is 1. The molecule has 0 saturated heterocycles. The lowest BCUT2D eigenvalue weighted by Gasteiger charge is -2.38. The molecule has 0 fully saturated rings. The van der Waals surface area contributed by atoms with Crippen LogP contribution in [0.4, 0.5) is 67.1 Å². The molecule has 0 spiro atoms. The van der Waals surface area contributed by atoms with Gasteiger partial charge < -0.3 is 31.0 Å². The summed E-state index contributed by atoms with van der Waals surface area (Å²) in [6, 6.07) is 0. The zero-order chi connectivity index (χ0) is 32.9. The molecule has 0 radical (unpaired) electrons. The average molecular weight is 647 g/mol. The summed E-state index contributed by atoms with van der Waals surface area (Å²) < 4.78 is 170. The highest BCUT2D eigenvalue weighted by atomic mass is 19.3. The summed E-state index contributed by atoms with van der Waals surface area (Å²) in [5.41, 5.74) is 6.17. The monoisotopic (exact) mass is 647 g/mol. The van der Waals surface area contributed by atoms with Crippen LogP contribution in [0.1, 0.15) is 44.9 Å². The highest BCUT2D eigenvalue weighted by Gasteiger charge is 2.56. The molecule has 1 unspecified atom stereocenters. The SMILES string of the molecule is NC(=O)OCCCC(CCCC(CC(F)(F)C(F)F)(CC(F)(F)C(F)F)OC(N)=O)CNC(=O)OCC(F)(F)C(F)F. The number of nitrogens with one attached hydrogen (secondary N) is 1. The van der Waals surface area contributed by atoms with Crippen LogP contribution in [0.3, 0.4) is 0 Å². The normalized spacial score (nSPS) is 13.8. The maximum atomic E-state index is 13.9. The smallest absolute Gasteiger partial charge is 0.407 e.